The van der Waals surface area contributed by atoms with E-state index in [4.69, 9.17) is 4.52 Å². The number of carbonyl (C=O) groups excluding carboxylic acids is 1. The van der Waals surface area contributed by atoms with Gasteiger partial charge in [-0.15, -0.1) is 0 Å². The monoisotopic (exact) mass is 370 g/mol. The second-order valence-electron chi connectivity index (χ2n) is 7.17. The third-order valence-electron chi connectivity index (χ3n) is 4.62. The Labute approximate surface area is 159 Å². The number of amides is 1. The minimum atomic E-state index is -0.371. The highest BCUT2D eigenvalue weighted by Gasteiger charge is 2.31. The smallest absolute Gasteiger partial charge is 0.290 e. The van der Waals surface area contributed by atoms with Crippen molar-refractivity contribution in [1.29, 1.82) is 0 Å². The molecule has 0 radical (unpaired) electrons. The molecule has 0 bridgehead atoms. The fourth-order valence-corrected chi connectivity index (χ4v) is 3.15. The highest BCUT2D eigenvalue weighted by molar-refractivity contribution is 5.92. The summed E-state index contributed by atoms with van der Waals surface area (Å²) in [4.78, 5) is 12.3. The Kier molecular flexibility index (Phi) is 6.24. The van der Waals surface area contributed by atoms with Crippen LogP contribution in [-0.2, 0) is 0 Å². The van der Waals surface area contributed by atoms with E-state index in [-0.39, 0.29) is 23.8 Å². The van der Waals surface area contributed by atoms with Crippen molar-refractivity contribution < 1.29 is 14.4 Å². The molecule has 1 aliphatic carbocycles. The van der Waals surface area contributed by atoms with Gasteiger partial charge in [-0.3, -0.25) is 4.79 Å². The highest BCUT2D eigenvalue weighted by Crippen LogP contribution is 2.28. The van der Waals surface area contributed by atoms with Crippen molar-refractivity contribution in [3.05, 3.63) is 42.2 Å². The fraction of sp³-hybridized carbons (Fsp3) is 0.450. The molecule has 1 heterocycles. The predicted molar refractivity (Wildman–Crippen MR) is 103 cm³/mol. The molecule has 1 fully saturated rings. The van der Waals surface area contributed by atoms with Crippen LogP contribution in [-0.4, -0.2) is 53.1 Å². The molecule has 2 N–H and O–H groups in total. The maximum atomic E-state index is 12.3. The molecule has 0 unspecified atom stereocenters. The number of hydrogen-bond acceptors (Lipinski definition) is 6. The van der Waals surface area contributed by atoms with Crippen molar-refractivity contribution in [2.24, 2.45) is 11.0 Å². The SMILES string of the molecule is C[C@@H](O)C/C=N\N(C)CC1CC(NC(=O)c2cc(-c3ccccc3)no2)C1. The molecular weight excluding hydrogens is 344 g/mol. The van der Waals surface area contributed by atoms with E-state index in [0.29, 0.717) is 18.0 Å². The predicted octanol–water partition coefficient (Wildman–Crippen LogP) is 2.54. The molecule has 144 valence electrons. The third kappa shape index (κ3) is 5.40. The molecule has 7 heteroatoms. The van der Waals surface area contributed by atoms with Crippen molar-refractivity contribution in [2.75, 3.05) is 13.6 Å². The summed E-state index contributed by atoms with van der Waals surface area (Å²) in [6.07, 6.45) is 3.75. The Balaban J connectivity index is 1.42. The lowest BCUT2D eigenvalue weighted by molar-refractivity contribution is 0.0833. The number of nitrogens with zero attached hydrogens (tertiary/aromatic N) is 3. The van der Waals surface area contributed by atoms with E-state index in [1.807, 2.05) is 42.4 Å². The van der Waals surface area contributed by atoms with Crippen molar-refractivity contribution in [3.8, 4) is 11.3 Å². The van der Waals surface area contributed by atoms with E-state index in [0.717, 1.165) is 24.9 Å². The van der Waals surface area contributed by atoms with Crippen LogP contribution in [0.5, 0.6) is 0 Å². The quantitative estimate of drug-likeness (QED) is 0.550. The van der Waals surface area contributed by atoms with Crippen LogP contribution in [0.25, 0.3) is 11.3 Å². The lowest BCUT2D eigenvalue weighted by Crippen LogP contribution is -2.46. The standard InChI is InChI=1S/C20H26N4O3/c1-14(25)8-9-21-24(2)13-15-10-17(11-15)22-20(26)19-12-18(23-27-19)16-6-4-3-5-7-16/h3-7,9,12,14-15,17,25H,8,10-11,13H2,1-2H3,(H,22,26)/b21-9-/t14-,15?,17?/m1/s1. The summed E-state index contributed by atoms with van der Waals surface area (Å²) in [6.45, 7) is 2.58. The summed E-state index contributed by atoms with van der Waals surface area (Å²) in [5, 5.41) is 22.4. The molecule has 1 aromatic carbocycles. The summed E-state index contributed by atoms with van der Waals surface area (Å²) in [5.74, 6) is 0.507. The zero-order valence-electron chi connectivity index (χ0n) is 15.7. The molecule has 1 amide bonds. The van der Waals surface area contributed by atoms with Gasteiger partial charge in [0.1, 0.15) is 5.69 Å². The van der Waals surface area contributed by atoms with Gasteiger partial charge in [-0.05, 0) is 25.7 Å². The van der Waals surface area contributed by atoms with Crippen LogP contribution in [0.3, 0.4) is 0 Å². The lowest BCUT2D eigenvalue weighted by atomic mass is 9.80. The lowest BCUT2D eigenvalue weighted by Gasteiger charge is -2.37. The molecule has 0 saturated heterocycles. The summed E-state index contributed by atoms with van der Waals surface area (Å²) in [6, 6.07) is 11.5. The van der Waals surface area contributed by atoms with Gasteiger partial charge in [-0.2, -0.15) is 5.10 Å². The summed E-state index contributed by atoms with van der Waals surface area (Å²) < 4.78 is 5.20. The largest absolute Gasteiger partial charge is 0.393 e. The zero-order valence-corrected chi connectivity index (χ0v) is 15.7. The topological polar surface area (TPSA) is 91.0 Å². The first-order valence-corrected chi connectivity index (χ1v) is 9.26. The second kappa shape index (κ2) is 8.81. The first kappa shape index (κ1) is 19.1. The first-order valence-electron chi connectivity index (χ1n) is 9.26. The van der Waals surface area contributed by atoms with Crippen LogP contribution in [0.4, 0.5) is 0 Å². The van der Waals surface area contributed by atoms with Gasteiger partial charge >= 0.3 is 0 Å². The minimum absolute atomic E-state index is 0.155. The number of aliphatic hydroxyl groups is 1. The number of hydrogen-bond donors (Lipinski definition) is 2. The average molecular weight is 370 g/mol. The van der Waals surface area contributed by atoms with Gasteiger partial charge in [0.2, 0.25) is 5.76 Å². The number of aromatic nitrogens is 1. The molecule has 1 aliphatic rings. The number of carbonyl (C=O) groups is 1. The van der Waals surface area contributed by atoms with Crippen LogP contribution in [0.1, 0.15) is 36.7 Å². The molecule has 3 rings (SSSR count). The molecular formula is C20H26N4O3. The Bertz CT molecular complexity index is 767. The van der Waals surface area contributed by atoms with Gasteiger partial charge in [0, 0.05) is 43.9 Å². The van der Waals surface area contributed by atoms with E-state index >= 15 is 0 Å². The molecule has 1 aromatic heterocycles. The Morgan fingerprint density at radius 3 is 2.89 bits per heavy atom. The Morgan fingerprint density at radius 2 is 2.19 bits per heavy atom. The molecule has 7 nitrogen and oxygen atoms in total. The van der Waals surface area contributed by atoms with Gasteiger partial charge in [-0.1, -0.05) is 35.5 Å². The number of benzene rings is 1. The van der Waals surface area contributed by atoms with Gasteiger partial charge < -0.3 is 20.0 Å². The Morgan fingerprint density at radius 1 is 1.44 bits per heavy atom. The highest BCUT2D eigenvalue weighted by atomic mass is 16.5. The number of hydrazone groups is 1. The molecule has 1 atom stereocenters. The van der Waals surface area contributed by atoms with E-state index in [2.05, 4.69) is 15.6 Å². The van der Waals surface area contributed by atoms with E-state index in [9.17, 15) is 9.90 Å². The van der Waals surface area contributed by atoms with Crippen molar-refractivity contribution in [3.63, 3.8) is 0 Å². The number of nitrogens with one attached hydrogen (secondary N) is 1. The van der Waals surface area contributed by atoms with E-state index in [1.54, 1.807) is 19.2 Å². The number of aliphatic hydroxyl groups excluding tert-OH is 1. The molecule has 27 heavy (non-hydrogen) atoms. The minimum Gasteiger partial charge on any atom is -0.393 e. The second-order valence-corrected chi connectivity index (χ2v) is 7.17. The first-order chi connectivity index (χ1) is 13.0. The average Bonchev–Trinajstić information content (AvgIpc) is 3.10. The van der Waals surface area contributed by atoms with Crippen LogP contribution >= 0.6 is 0 Å². The maximum Gasteiger partial charge on any atom is 0.290 e. The number of rotatable bonds is 8. The summed E-state index contributed by atoms with van der Waals surface area (Å²) in [5.41, 5.74) is 1.58. The van der Waals surface area contributed by atoms with Gasteiger partial charge in [0.15, 0.2) is 0 Å². The normalized spacial score (nSPS) is 20.3. The molecule has 2 aromatic rings. The molecule has 1 saturated carbocycles. The van der Waals surface area contributed by atoms with E-state index < -0.39 is 0 Å². The summed E-state index contributed by atoms with van der Waals surface area (Å²) >= 11 is 0. The third-order valence-corrected chi connectivity index (χ3v) is 4.62. The van der Waals surface area contributed by atoms with Crippen molar-refractivity contribution in [2.45, 2.75) is 38.3 Å². The van der Waals surface area contributed by atoms with Crippen molar-refractivity contribution in [1.82, 2.24) is 15.5 Å². The van der Waals surface area contributed by atoms with Crippen LogP contribution < -0.4 is 5.32 Å². The Hall–Kier alpha value is -2.67. The molecule has 0 spiro atoms. The van der Waals surface area contributed by atoms with E-state index in [1.165, 1.54) is 0 Å². The van der Waals surface area contributed by atoms with Crippen LogP contribution in [0, 0.1) is 5.92 Å². The molecule has 0 aliphatic heterocycles. The zero-order chi connectivity index (χ0) is 19.2. The van der Waals surface area contributed by atoms with Crippen molar-refractivity contribution >= 4 is 12.1 Å². The van der Waals surface area contributed by atoms with Crippen LogP contribution in [0.15, 0.2) is 46.0 Å². The van der Waals surface area contributed by atoms with Crippen LogP contribution in [0.2, 0.25) is 0 Å². The van der Waals surface area contributed by atoms with Gasteiger partial charge in [0.25, 0.3) is 5.91 Å². The maximum absolute atomic E-state index is 12.3. The fourth-order valence-electron chi connectivity index (χ4n) is 3.15. The summed E-state index contributed by atoms with van der Waals surface area (Å²) in [7, 11) is 1.92. The van der Waals surface area contributed by atoms with Gasteiger partial charge in [-0.25, -0.2) is 0 Å². The van der Waals surface area contributed by atoms with Gasteiger partial charge in [0.05, 0.1) is 6.10 Å².